The van der Waals surface area contributed by atoms with E-state index in [1.165, 1.54) is 11.3 Å². The number of aromatic nitrogens is 2. The molecule has 1 unspecified atom stereocenters. The molecule has 0 aliphatic rings. The number of thiophene rings is 1. The van der Waals surface area contributed by atoms with E-state index >= 15 is 0 Å². The number of carbonyl (C=O) groups is 1. The predicted molar refractivity (Wildman–Crippen MR) is 132 cm³/mol. The van der Waals surface area contributed by atoms with Crippen LogP contribution in [0.2, 0.25) is 0 Å². The largest absolute Gasteiger partial charge is 0.383 e. The zero-order valence-electron chi connectivity index (χ0n) is 19.2. The zero-order chi connectivity index (χ0) is 23.5. The summed E-state index contributed by atoms with van der Waals surface area (Å²) < 4.78 is 6.92. The van der Waals surface area contributed by atoms with Gasteiger partial charge in [0.15, 0.2) is 0 Å². The highest BCUT2D eigenvalue weighted by Gasteiger charge is 2.28. The monoisotopic (exact) mass is 461 g/mol. The molecule has 7 heteroatoms. The number of ether oxygens (including phenoxy) is 1. The highest BCUT2D eigenvalue weighted by atomic mass is 32.1. The van der Waals surface area contributed by atoms with Gasteiger partial charge < -0.3 is 9.64 Å². The van der Waals surface area contributed by atoms with Gasteiger partial charge in [-0.05, 0) is 67.6 Å². The molecule has 0 spiro atoms. The van der Waals surface area contributed by atoms with E-state index < -0.39 is 6.04 Å². The maximum absolute atomic E-state index is 13.7. The van der Waals surface area contributed by atoms with Crippen LogP contribution in [-0.4, -0.2) is 40.6 Å². The Morgan fingerprint density at radius 3 is 2.61 bits per heavy atom. The van der Waals surface area contributed by atoms with Crippen molar-refractivity contribution in [2.24, 2.45) is 0 Å². The lowest BCUT2D eigenvalue weighted by Gasteiger charge is -2.30. The average molecular weight is 462 g/mol. The van der Waals surface area contributed by atoms with Crippen molar-refractivity contribution in [3.05, 3.63) is 92.2 Å². The number of benzene rings is 2. The van der Waals surface area contributed by atoms with Gasteiger partial charge in [0.25, 0.3) is 11.5 Å². The van der Waals surface area contributed by atoms with Crippen LogP contribution in [0, 0.1) is 13.8 Å². The highest BCUT2D eigenvalue weighted by Crippen LogP contribution is 2.26. The van der Waals surface area contributed by atoms with Gasteiger partial charge in [-0.15, -0.1) is 11.3 Å². The van der Waals surface area contributed by atoms with Crippen LogP contribution in [0.3, 0.4) is 0 Å². The van der Waals surface area contributed by atoms with E-state index in [2.05, 4.69) is 0 Å². The summed E-state index contributed by atoms with van der Waals surface area (Å²) in [5.74, 6) is 0.409. The highest BCUT2D eigenvalue weighted by molar-refractivity contribution is 7.12. The van der Waals surface area contributed by atoms with Gasteiger partial charge in [0.05, 0.1) is 34.1 Å². The van der Waals surface area contributed by atoms with Crippen molar-refractivity contribution in [3.8, 4) is 5.69 Å². The third-order valence-corrected chi connectivity index (χ3v) is 6.78. The van der Waals surface area contributed by atoms with Crippen molar-refractivity contribution in [1.29, 1.82) is 0 Å². The molecule has 0 fully saturated rings. The Bertz CT molecular complexity index is 1340. The Balaban J connectivity index is 1.92. The molecule has 1 atom stereocenters. The summed E-state index contributed by atoms with van der Waals surface area (Å²) >= 11 is 1.39. The molecule has 0 radical (unpaired) electrons. The molecular weight excluding hydrogens is 434 g/mol. The minimum absolute atomic E-state index is 0.108. The third-order valence-electron chi connectivity index (χ3n) is 5.92. The van der Waals surface area contributed by atoms with Gasteiger partial charge in [0, 0.05) is 13.7 Å². The van der Waals surface area contributed by atoms with E-state index in [0.717, 1.165) is 16.8 Å². The molecule has 0 aliphatic carbocycles. The van der Waals surface area contributed by atoms with Crippen LogP contribution < -0.4 is 5.56 Å². The molecule has 2 aromatic heterocycles. The normalized spacial score (nSPS) is 12.1. The molecule has 170 valence electrons. The fourth-order valence-corrected chi connectivity index (χ4v) is 4.57. The number of rotatable bonds is 7. The number of carbonyl (C=O) groups excluding carboxylic acids is 1. The molecule has 0 saturated carbocycles. The molecule has 4 aromatic rings. The Kier molecular flexibility index (Phi) is 6.72. The van der Waals surface area contributed by atoms with Crippen LogP contribution in [0.1, 0.15) is 39.6 Å². The number of nitrogens with zero attached hydrogens (tertiary/aromatic N) is 3. The summed E-state index contributed by atoms with van der Waals surface area (Å²) in [7, 11) is 1.61. The maximum atomic E-state index is 13.7. The third kappa shape index (κ3) is 4.47. The minimum Gasteiger partial charge on any atom is -0.383 e. The number of para-hydroxylation sites is 1. The van der Waals surface area contributed by atoms with Gasteiger partial charge in [-0.3, -0.25) is 14.2 Å². The smallest absolute Gasteiger partial charge is 0.266 e. The SMILES string of the molecule is COCCN(C(=O)c1cccs1)C(C)c1nc2ccccc2c(=O)n1-c1ccc(C)c(C)c1. The molecule has 0 bridgehead atoms. The Morgan fingerprint density at radius 1 is 1.12 bits per heavy atom. The number of hydrogen-bond donors (Lipinski definition) is 0. The molecule has 2 aromatic carbocycles. The topological polar surface area (TPSA) is 64.4 Å². The van der Waals surface area contributed by atoms with Crippen molar-refractivity contribution in [1.82, 2.24) is 14.5 Å². The van der Waals surface area contributed by atoms with Gasteiger partial charge in [-0.1, -0.05) is 24.3 Å². The van der Waals surface area contributed by atoms with E-state index in [-0.39, 0.29) is 11.5 Å². The summed E-state index contributed by atoms with van der Waals surface area (Å²) in [6, 6.07) is 16.4. The summed E-state index contributed by atoms with van der Waals surface area (Å²) in [4.78, 5) is 34.3. The number of hydrogen-bond acceptors (Lipinski definition) is 5. The van der Waals surface area contributed by atoms with Gasteiger partial charge >= 0.3 is 0 Å². The molecule has 4 rings (SSSR count). The molecule has 2 heterocycles. The number of amides is 1. The zero-order valence-corrected chi connectivity index (χ0v) is 20.1. The van der Waals surface area contributed by atoms with Crippen LogP contribution in [0.15, 0.2) is 64.8 Å². The van der Waals surface area contributed by atoms with Gasteiger partial charge in [-0.2, -0.15) is 0 Å². The lowest BCUT2D eigenvalue weighted by molar-refractivity contribution is 0.0610. The fourth-order valence-electron chi connectivity index (χ4n) is 3.89. The standard InChI is InChI=1S/C26H27N3O3S/c1-17-11-12-20(16-18(17)2)29-24(27-22-9-6-5-8-21(22)25(29)30)19(3)28(13-14-32-4)26(31)23-10-7-15-33-23/h5-12,15-16,19H,13-14H2,1-4H3. The summed E-state index contributed by atoms with van der Waals surface area (Å²) in [5.41, 5.74) is 3.42. The average Bonchev–Trinajstić information content (AvgIpc) is 3.36. The number of aryl methyl sites for hydroxylation is 2. The predicted octanol–water partition coefficient (Wildman–Crippen LogP) is 4.91. The van der Waals surface area contributed by atoms with Crippen molar-refractivity contribution in [3.63, 3.8) is 0 Å². The Labute approximate surface area is 197 Å². The Hall–Kier alpha value is -3.29. The first-order valence-corrected chi connectivity index (χ1v) is 11.7. The fraction of sp³-hybridized carbons (Fsp3) is 0.269. The molecule has 0 aliphatic heterocycles. The van der Waals surface area contributed by atoms with E-state index in [1.807, 2.05) is 74.7 Å². The van der Waals surface area contributed by atoms with E-state index in [1.54, 1.807) is 22.6 Å². The van der Waals surface area contributed by atoms with Crippen LogP contribution in [0.4, 0.5) is 0 Å². The molecule has 0 saturated heterocycles. The van der Waals surface area contributed by atoms with Crippen LogP contribution in [0.25, 0.3) is 16.6 Å². The van der Waals surface area contributed by atoms with Gasteiger partial charge in [0.2, 0.25) is 0 Å². The minimum atomic E-state index is -0.464. The van der Waals surface area contributed by atoms with Gasteiger partial charge in [0.1, 0.15) is 5.82 Å². The summed E-state index contributed by atoms with van der Waals surface area (Å²) in [6.07, 6.45) is 0. The first kappa shape index (κ1) is 22.9. The number of methoxy groups -OCH3 is 1. The van der Waals surface area contributed by atoms with Crippen LogP contribution >= 0.6 is 11.3 Å². The molecule has 33 heavy (non-hydrogen) atoms. The number of fused-ring (bicyclic) bond motifs is 1. The quantitative estimate of drug-likeness (QED) is 0.392. The van der Waals surface area contributed by atoms with Crippen molar-refractivity contribution in [2.75, 3.05) is 20.3 Å². The summed E-state index contributed by atoms with van der Waals surface area (Å²) in [6.45, 7) is 6.73. The van der Waals surface area contributed by atoms with Crippen molar-refractivity contribution < 1.29 is 9.53 Å². The van der Waals surface area contributed by atoms with Crippen molar-refractivity contribution >= 4 is 28.1 Å². The van der Waals surface area contributed by atoms with Crippen LogP contribution in [0.5, 0.6) is 0 Å². The van der Waals surface area contributed by atoms with Gasteiger partial charge in [-0.25, -0.2) is 4.98 Å². The molecule has 6 nitrogen and oxygen atoms in total. The summed E-state index contributed by atoms with van der Waals surface area (Å²) in [5, 5.41) is 2.42. The first-order valence-electron chi connectivity index (χ1n) is 10.8. The lowest BCUT2D eigenvalue weighted by Crippen LogP contribution is -2.39. The molecule has 0 N–H and O–H groups in total. The molecular formula is C26H27N3O3S. The maximum Gasteiger partial charge on any atom is 0.266 e. The van der Waals surface area contributed by atoms with E-state index in [0.29, 0.717) is 34.8 Å². The first-order chi connectivity index (χ1) is 15.9. The Morgan fingerprint density at radius 2 is 1.91 bits per heavy atom. The van der Waals surface area contributed by atoms with E-state index in [4.69, 9.17) is 9.72 Å². The van der Waals surface area contributed by atoms with Crippen LogP contribution in [-0.2, 0) is 4.74 Å². The second-order valence-corrected chi connectivity index (χ2v) is 8.99. The lowest BCUT2D eigenvalue weighted by atomic mass is 10.1. The van der Waals surface area contributed by atoms with E-state index in [9.17, 15) is 9.59 Å². The second kappa shape index (κ2) is 9.68. The van der Waals surface area contributed by atoms with Crippen molar-refractivity contribution in [2.45, 2.75) is 26.8 Å². The second-order valence-electron chi connectivity index (χ2n) is 8.04. The molecule has 1 amide bonds.